The Balaban J connectivity index is 2.75. The maximum atomic E-state index is 9.66. The van der Waals surface area contributed by atoms with Crippen LogP contribution in [0.3, 0.4) is 0 Å². The lowest BCUT2D eigenvalue weighted by molar-refractivity contribution is 0.203. The molecule has 0 amide bonds. The summed E-state index contributed by atoms with van der Waals surface area (Å²) in [4.78, 5) is 0. The molecule has 0 aliphatic carbocycles. The predicted octanol–water partition coefficient (Wildman–Crippen LogP) is 2.09. The summed E-state index contributed by atoms with van der Waals surface area (Å²) in [5.74, 6) is 1.50. The van der Waals surface area contributed by atoms with Crippen LogP contribution in [0.25, 0.3) is 0 Å². The van der Waals surface area contributed by atoms with Crippen molar-refractivity contribution in [2.24, 2.45) is 0 Å². The molecule has 1 rings (SSSR count). The highest BCUT2D eigenvalue weighted by Crippen LogP contribution is 2.21. The molecule has 1 aromatic carbocycles. The van der Waals surface area contributed by atoms with E-state index in [1.165, 1.54) is 0 Å². The van der Waals surface area contributed by atoms with Gasteiger partial charge in [0.25, 0.3) is 0 Å². The lowest BCUT2D eigenvalue weighted by atomic mass is 10.1. The number of hydrogen-bond donors (Lipinski definition) is 1. The third kappa shape index (κ3) is 2.94. The van der Waals surface area contributed by atoms with E-state index in [9.17, 15) is 5.11 Å². The Kier molecular flexibility index (Phi) is 4.12. The molecule has 1 unspecified atom stereocenters. The number of benzene rings is 1. The van der Waals surface area contributed by atoms with Crippen LogP contribution in [0.15, 0.2) is 24.3 Å². The molecule has 1 N–H and O–H groups in total. The zero-order valence-corrected chi connectivity index (χ0v) is 8.67. The smallest absolute Gasteiger partial charge is 0.119 e. The Morgan fingerprint density at radius 3 is 2.92 bits per heavy atom. The summed E-state index contributed by atoms with van der Waals surface area (Å²) in [5.41, 5.74) is 0.911. The normalized spacial score (nSPS) is 12.5. The Bertz CT molecular complexity index is 263. The van der Waals surface area contributed by atoms with E-state index in [0.717, 1.165) is 11.3 Å². The molecule has 0 radical (unpaired) electrons. The first-order valence-electron chi connectivity index (χ1n) is 4.09. The molecule has 0 fully saturated rings. The predicted molar refractivity (Wildman–Crippen MR) is 56.3 cm³/mol. The topological polar surface area (TPSA) is 29.5 Å². The average molecular weight is 198 g/mol. The number of thioether (sulfide) groups is 1. The van der Waals surface area contributed by atoms with E-state index in [4.69, 9.17) is 4.74 Å². The molecule has 2 nitrogen and oxygen atoms in total. The molecule has 1 atom stereocenters. The fourth-order valence-corrected chi connectivity index (χ4v) is 1.61. The fraction of sp³-hybridized carbons (Fsp3) is 0.400. The van der Waals surface area contributed by atoms with E-state index in [1.54, 1.807) is 18.9 Å². The van der Waals surface area contributed by atoms with Gasteiger partial charge in [0.2, 0.25) is 0 Å². The van der Waals surface area contributed by atoms with Gasteiger partial charge >= 0.3 is 0 Å². The standard InChI is InChI=1S/C10H14O2S/c1-12-9-5-3-4-8(6-9)10(11)7-13-2/h3-6,10-11H,7H2,1-2H3. The number of ether oxygens (including phenoxy) is 1. The number of aliphatic hydroxyl groups excluding tert-OH is 1. The van der Waals surface area contributed by atoms with Crippen LogP contribution in [0.4, 0.5) is 0 Å². The minimum Gasteiger partial charge on any atom is -0.497 e. The molecule has 72 valence electrons. The molecule has 0 saturated heterocycles. The van der Waals surface area contributed by atoms with Gasteiger partial charge in [0, 0.05) is 5.75 Å². The van der Waals surface area contributed by atoms with Crippen LogP contribution in [0.1, 0.15) is 11.7 Å². The molecule has 3 heteroatoms. The summed E-state index contributed by atoms with van der Waals surface area (Å²) in [6, 6.07) is 7.53. The minimum absolute atomic E-state index is 0.398. The second-order valence-electron chi connectivity index (χ2n) is 2.75. The number of hydrogen-bond acceptors (Lipinski definition) is 3. The third-order valence-corrected chi connectivity index (χ3v) is 2.45. The average Bonchev–Trinajstić information content (AvgIpc) is 2.18. The highest BCUT2D eigenvalue weighted by Gasteiger charge is 2.06. The van der Waals surface area contributed by atoms with Crippen LogP contribution >= 0.6 is 11.8 Å². The molecular formula is C10H14O2S. The van der Waals surface area contributed by atoms with E-state index >= 15 is 0 Å². The van der Waals surface area contributed by atoms with Crippen LogP contribution in [-0.4, -0.2) is 24.2 Å². The molecule has 0 spiro atoms. The Hall–Kier alpha value is -0.670. The number of rotatable bonds is 4. The first-order chi connectivity index (χ1) is 6.27. The first kappa shape index (κ1) is 10.4. The van der Waals surface area contributed by atoms with Crippen molar-refractivity contribution in [1.29, 1.82) is 0 Å². The van der Waals surface area contributed by atoms with Gasteiger partial charge in [-0.3, -0.25) is 0 Å². The maximum Gasteiger partial charge on any atom is 0.119 e. The SMILES string of the molecule is COc1cccc(C(O)CSC)c1. The van der Waals surface area contributed by atoms with Crippen LogP contribution in [-0.2, 0) is 0 Å². The highest BCUT2D eigenvalue weighted by atomic mass is 32.2. The molecule has 0 saturated carbocycles. The molecule has 0 aromatic heterocycles. The van der Waals surface area contributed by atoms with Crippen LogP contribution < -0.4 is 4.74 Å². The maximum absolute atomic E-state index is 9.66. The van der Waals surface area contributed by atoms with Gasteiger partial charge in [-0.25, -0.2) is 0 Å². The Morgan fingerprint density at radius 1 is 1.54 bits per heavy atom. The number of aliphatic hydroxyl groups is 1. The second-order valence-corrected chi connectivity index (χ2v) is 3.66. The lowest BCUT2D eigenvalue weighted by Crippen LogP contribution is -2.00. The van der Waals surface area contributed by atoms with Crippen molar-refractivity contribution in [1.82, 2.24) is 0 Å². The van der Waals surface area contributed by atoms with Crippen molar-refractivity contribution in [3.8, 4) is 5.75 Å². The summed E-state index contributed by atoms with van der Waals surface area (Å²) in [5, 5.41) is 9.66. The summed E-state index contributed by atoms with van der Waals surface area (Å²) in [7, 11) is 1.63. The third-order valence-electron chi connectivity index (χ3n) is 1.80. The molecule has 0 heterocycles. The molecule has 13 heavy (non-hydrogen) atoms. The monoisotopic (exact) mass is 198 g/mol. The summed E-state index contributed by atoms with van der Waals surface area (Å²) in [6.07, 6.45) is 1.58. The van der Waals surface area contributed by atoms with Gasteiger partial charge in [-0.15, -0.1) is 0 Å². The molecule has 1 aromatic rings. The van der Waals surface area contributed by atoms with Crippen molar-refractivity contribution < 1.29 is 9.84 Å². The van der Waals surface area contributed by atoms with Crippen LogP contribution in [0, 0.1) is 0 Å². The zero-order chi connectivity index (χ0) is 9.68. The zero-order valence-electron chi connectivity index (χ0n) is 7.86. The lowest BCUT2D eigenvalue weighted by Gasteiger charge is -2.10. The summed E-state index contributed by atoms with van der Waals surface area (Å²) >= 11 is 1.63. The second kappa shape index (κ2) is 5.14. The van der Waals surface area contributed by atoms with Gasteiger partial charge in [0.1, 0.15) is 5.75 Å². The highest BCUT2D eigenvalue weighted by molar-refractivity contribution is 7.98. The van der Waals surface area contributed by atoms with E-state index in [0.29, 0.717) is 5.75 Å². The minimum atomic E-state index is -0.398. The van der Waals surface area contributed by atoms with Crippen LogP contribution in [0.2, 0.25) is 0 Å². The Labute approximate surface area is 82.9 Å². The molecule has 0 bridgehead atoms. The summed E-state index contributed by atoms with van der Waals surface area (Å²) < 4.78 is 5.07. The van der Waals surface area contributed by atoms with E-state index in [2.05, 4.69) is 0 Å². The van der Waals surface area contributed by atoms with E-state index in [1.807, 2.05) is 30.5 Å². The van der Waals surface area contributed by atoms with E-state index < -0.39 is 6.10 Å². The molecule has 0 aliphatic rings. The van der Waals surface area contributed by atoms with Gasteiger partial charge in [-0.1, -0.05) is 12.1 Å². The molecule has 0 aliphatic heterocycles. The van der Waals surface area contributed by atoms with Gasteiger partial charge in [0.05, 0.1) is 13.2 Å². The largest absolute Gasteiger partial charge is 0.497 e. The van der Waals surface area contributed by atoms with E-state index in [-0.39, 0.29) is 0 Å². The van der Waals surface area contributed by atoms with Crippen molar-refractivity contribution in [2.45, 2.75) is 6.10 Å². The van der Waals surface area contributed by atoms with Gasteiger partial charge in [-0.2, -0.15) is 11.8 Å². The quantitative estimate of drug-likeness (QED) is 0.803. The van der Waals surface area contributed by atoms with Gasteiger partial charge < -0.3 is 9.84 Å². The fourth-order valence-electron chi connectivity index (χ4n) is 1.10. The van der Waals surface area contributed by atoms with Crippen molar-refractivity contribution >= 4 is 11.8 Å². The van der Waals surface area contributed by atoms with Crippen molar-refractivity contribution in [2.75, 3.05) is 19.1 Å². The Morgan fingerprint density at radius 2 is 2.31 bits per heavy atom. The van der Waals surface area contributed by atoms with Crippen LogP contribution in [0.5, 0.6) is 5.75 Å². The van der Waals surface area contributed by atoms with Gasteiger partial charge in [-0.05, 0) is 24.0 Å². The van der Waals surface area contributed by atoms with Crippen molar-refractivity contribution in [3.05, 3.63) is 29.8 Å². The van der Waals surface area contributed by atoms with Gasteiger partial charge in [0.15, 0.2) is 0 Å². The summed E-state index contributed by atoms with van der Waals surface area (Å²) in [6.45, 7) is 0. The molecular weight excluding hydrogens is 184 g/mol. The number of methoxy groups -OCH3 is 1. The first-order valence-corrected chi connectivity index (χ1v) is 5.48. The van der Waals surface area contributed by atoms with Crippen molar-refractivity contribution in [3.63, 3.8) is 0 Å².